The van der Waals surface area contributed by atoms with Crippen molar-refractivity contribution in [3.8, 4) is 0 Å². The minimum absolute atomic E-state index is 0.127. The number of halogens is 1. The van der Waals surface area contributed by atoms with E-state index in [-0.39, 0.29) is 21.1 Å². The lowest BCUT2D eigenvalue weighted by Crippen LogP contribution is -2.45. The van der Waals surface area contributed by atoms with Crippen LogP contribution in [0.25, 0.3) is 0 Å². The van der Waals surface area contributed by atoms with E-state index in [0.717, 1.165) is 11.3 Å². The van der Waals surface area contributed by atoms with Crippen LogP contribution < -0.4 is 0 Å². The number of aryl methyl sites for hydroxylation is 1. The highest BCUT2D eigenvalue weighted by molar-refractivity contribution is 7.91. The van der Waals surface area contributed by atoms with E-state index >= 15 is 0 Å². The largest absolute Gasteiger partial charge is 0.391 e. The van der Waals surface area contributed by atoms with Gasteiger partial charge in [-0.05, 0) is 19.3 Å². The molecule has 2 atom stereocenters. The maximum absolute atomic E-state index is 12.4. The highest BCUT2D eigenvalue weighted by atomic mass is 35.5. The second-order valence-corrected chi connectivity index (χ2v) is 8.25. The zero-order chi connectivity index (χ0) is 13.5. The second-order valence-electron chi connectivity index (χ2n) is 4.54. The van der Waals surface area contributed by atoms with Crippen LogP contribution in [-0.2, 0) is 10.0 Å². The van der Waals surface area contributed by atoms with Gasteiger partial charge in [0.1, 0.15) is 0 Å². The van der Waals surface area contributed by atoms with E-state index in [1.54, 1.807) is 6.92 Å². The molecular weight excluding hydrogens is 296 g/mol. The number of aliphatic hydroxyl groups excluding tert-OH is 1. The molecule has 0 spiro atoms. The molecule has 8 heteroatoms. The van der Waals surface area contributed by atoms with Gasteiger partial charge in [-0.15, -0.1) is 0 Å². The number of sulfonamides is 1. The average Bonchev–Trinajstić information content (AvgIpc) is 2.62. The summed E-state index contributed by atoms with van der Waals surface area (Å²) in [5.41, 5.74) is 0.415. The van der Waals surface area contributed by atoms with Crippen molar-refractivity contribution in [1.29, 1.82) is 0 Å². The summed E-state index contributed by atoms with van der Waals surface area (Å²) >= 11 is 6.70. The normalized spacial score (nSPS) is 26.4. The summed E-state index contributed by atoms with van der Waals surface area (Å²) in [5.74, 6) is 0.127. The minimum atomic E-state index is -3.58. The van der Waals surface area contributed by atoms with Crippen molar-refractivity contribution in [3.63, 3.8) is 0 Å². The monoisotopic (exact) mass is 310 g/mol. The highest BCUT2D eigenvalue weighted by Gasteiger charge is 2.35. The number of thiazole rings is 1. The highest BCUT2D eigenvalue weighted by Crippen LogP contribution is 2.31. The first kappa shape index (κ1) is 14.2. The molecule has 1 aromatic rings. The lowest BCUT2D eigenvalue weighted by atomic mass is 9.98. The van der Waals surface area contributed by atoms with E-state index < -0.39 is 16.1 Å². The number of hydrogen-bond acceptors (Lipinski definition) is 5. The summed E-state index contributed by atoms with van der Waals surface area (Å²) < 4.78 is 26.5. The summed E-state index contributed by atoms with van der Waals surface area (Å²) in [6.07, 6.45) is 0.0450. The first-order chi connectivity index (χ1) is 8.32. The Labute approximate surface area is 115 Å². The molecule has 0 aliphatic carbocycles. The summed E-state index contributed by atoms with van der Waals surface area (Å²) in [5, 5.41) is 9.79. The quantitative estimate of drug-likeness (QED) is 0.898. The first-order valence-electron chi connectivity index (χ1n) is 5.63. The van der Waals surface area contributed by atoms with Gasteiger partial charge in [0.2, 0.25) is 0 Å². The van der Waals surface area contributed by atoms with Crippen molar-refractivity contribution in [2.75, 3.05) is 13.1 Å². The number of hydrogen-bond donors (Lipinski definition) is 1. The molecule has 0 saturated carbocycles. The van der Waals surface area contributed by atoms with Crippen LogP contribution >= 0.6 is 22.9 Å². The predicted molar refractivity (Wildman–Crippen MR) is 70.4 cm³/mol. The Bertz CT molecular complexity index is 543. The van der Waals surface area contributed by atoms with Crippen molar-refractivity contribution >= 4 is 33.0 Å². The van der Waals surface area contributed by atoms with Crippen LogP contribution in [0, 0.1) is 12.8 Å². The van der Waals surface area contributed by atoms with Gasteiger partial charge in [-0.25, -0.2) is 13.4 Å². The van der Waals surface area contributed by atoms with Gasteiger partial charge in [0.15, 0.2) is 8.68 Å². The maximum atomic E-state index is 12.4. The Morgan fingerprint density at radius 2 is 2.22 bits per heavy atom. The molecular formula is C10H15ClN2O3S2. The Balaban J connectivity index is 2.29. The third-order valence-corrected chi connectivity index (χ3v) is 6.90. The Morgan fingerprint density at radius 3 is 2.72 bits per heavy atom. The topological polar surface area (TPSA) is 70.5 Å². The van der Waals surface area contributed by atoms with Gasteiger partial charge in [0, 0.05) is 13.1 Å². The predicted octanol–water partition coefficient (Wildman–Crippen LogP) is 1.50. The molecule has 1 aliphatic rings. The van der Waals surface area contributed by atoms with Crippen molar-refractivity contribution in [3.05, 3.63) is 10.2 Å². The Hall–Kier alpha value is -0.210. The number of nitrogens with zero attached hydrogens (tertiary/aromatic N) is 2. The number of piperidine rings is 1. The smallest absolute Gasteiger partial charge is 0.254 e. The molecule has 0 amide bonds. The summed E-state index contributed by atoms with van der Waals surface area (Å²) in [7, 11) is -3.58. The number of rotatable bonds is 2. The van der Waals surface area contributed by atoms with Gasteiger partial charge in [-0.3, -0.25) is 0 Å². The standard InChI is InChI=1S/C10H15ClN2O3S2/c1-6-3-4-13(5-8(6)14)18(15,16)9-7(2)12-10(11)17-9/h6,8,14H,3-5H2,1-2H3. The van der Waals surface area contributed by atoms with Gasteiger partial charge in [0.25, 0.3) is 10.0 Å². The van der Waals surface area contributed by atoms with Crippen LogP contribution in [0.3, 0.4) is 0 Å². The van der Waals surface area contributed by atoms with Crippen LogP contribution in [-0.4, -0.2) is 42.0 Å². The maximum Gasteiger partial charge on any atom is 0.254 e. The van der Waals surface area contributed by atoms with E-state index in [2.05, 4.69) is 4.98 Å². The Morgan fingerprint density at radius 1 is 1.56 bits per heavy atom. The number of aliphatic hydroxyl groups is 1. The second kappa shape index (κ2) is 5.05. The average molecular weight is 311 g/mol. The van der Waals surface area contributed by atoms with Gasteiger partial charge < -0.3 is 5.11 Å². The molecule has 1 fully saturated rings. The molecule has 18 heavy (non-hydrogen) atoms. The Kier molecular flexibility index (Phi) is 3.99. The first-order valence-corrected chi connectivity index (χ1v) is 8.27. The zero-order valence-electron chi connectivity index (χ0n) is 10.1. The van der Waals surface area contributed by atoms with Gasteiger partial charge in [0.05, 0.1) is 11.8 Å². The van der Waals surface area contributed by atoms with Gasteiger partial charge in [-0.1, -0.05) is 29.9 Å². The molecule has 2 heterocycles. The van der Waals surface area contributed by atoms with Crippen LogP contribution in [0.1, 0.15) is 19.0 Å². The molecule has 0 radical (unpaired) electrons. The molecule has 1 aromatic heterocycles. The van der Waals surface area contributed by atoms with E-state index in [9.17, 15) is 13.5 Å². The molecule has 0 bridgehead atoms. The fraction of sp³-hybridized carbons (Fsp3) is 0.700. The number of β-amino-alcohol motifs (C(OH)–C–C–N with tert-alkyl or cyclic N) is 1. The van der Waals surface area contributed by atoms with Crippen LogP contribution in [0.5, 0.6) is 0 Å². The summed E-state index contributed by atoms with van der Waals surface area (Å²) in [4.78, 5) is 3.92. The molecule has 1 N–H and O–H groups in total. The van der Waals surface area contributed by atoms with Crippen LogP contribution in [0.4, 0.5) is 0 Å². The van der Waals surface area contributed by atoms with E-state index in [0.29, 0.717) is 18.7 Å². The van der Waals surface area contributed by atoms with Gasteiger partial charge in [-0.2, -0.15) is 4.31 Å². The lowest BCUT2D eigenvalue weighted by Gasteiger charge is -2.33. The van der Waals surface area contributed by atoms with Gasteiger partial charge >= 0.3 is 0 Å². The van der Waals surface area contributed by atoms with E-state index in [4.69, 9.17) is 11.6 Å². The van der Waals surface area contributed by atoms with Crippen LogP contribution in [0.2, 0.25) is 4.47 Å². The summed E-state index contributed by atoms with van der Waals surface area (Å²) in [6, 6.07) is 0. The SMILES string of the molecule is Cc1nc(Cl)sc1S(=O)(=O)N1CCC(C)C(O)C1. The summed E-state index contributed by atoms with van der Waals surface area (Å²) in [6.45, 7) is 4.11. The van der Waals surface area contributed by atoms with Crippen molar-refractivity contribution in [1.82, 2.24) is 9.29 Å². The molecule has 5 nitrogen and oxygen atoms in total. The van der Waals surface area contributed by atoms with E-state index in [1.165, 1.54) is 4.31 Å². The van der Waals surface area contributed by atoms with E-state index in [1.807, 2.05) is 6.92 Å². The minimum Gasteiger partial charge on any atom is -0.391 e. The molecule has 1 saturated heterocycles. The number of aromatic nitrogens is 1. The van der Waals surface area contributed by atoms with Crippen molar-refractivity contribution in [2.45, 2.75) is 30.6 Å². The fourth-order valence-electron chi connectivity index (χ4n) is 1.95. The van der Waals surface area contributed by atoms with Crippen LogP contribution in [0.15, 0.2) is 4.21 Å². The molecule has 102 valence electrons. The molecule has 2 rings (SSSR count). The third kappa shape index (κ3) is 2.55. The zero-order valence-corrected chi connectivity index (χ0v) is 12.5. The lowest BCUT2D eigenvalue weighted by molar-refractivity contribution is 0.0605. The third-order valence-electron chi connectivity index (χ3n) is 3.18. The molecule has 0 aromatic carbocycles. The molecule has 1 aliphatic heterocycles. The van der Waals surface area contributed by atoms with Crippen molar-refractivity contribution in [2.24, 2.45) is 5.92 Å². The fourth-order valence-corrected chi connectivity index (χ4v) is 5.29. The van der Waals surface area contributed by atoms with Crippen molar-refractivity contribution < 1.29 is 13.5 Å². The molecule has 2 unspecified atom stereocenters.